The molecular formula is C14H12N2O2S. The summed E-state index contributed by atoms with van der Waals surface area (Å²) in [5, 5.41) is 8.77. The second kappa shape index (κ2) is 6.12. The third-order valence-electron chi connectivity index (χ3n) is 2.56. The zero-order chi connectivity index (χ0) is 13.7. The first-order valence-electron chi connectivity index (χ1n) is 5.60. The molecule has 0 aliphatic carbocycles. The van der Waals surface area contributed by atoms with Crippen LogP contribution < -0.4 is 4.74 Å². The average molecular weight is 272 g/mol. The van der Waals surface area contributed by atoms with E-state index in [0.29, 0.717) is 11.4 Å². The highest BCUT2D eigenvalue weighted by atomic mass is 32.2. The maximum atomic E-state index is 12.2. The Balaban J connectivity index is 2.13. The molecule has 0 fully saturated rings. The smallest absolute Gasteiger partial charge is 0.140 e. The van der Waals surface area contributed by atoms with E-state index in [1.54, 1.807) is 49.7 Å². The van der Waals surface area contributed by atoms with Crippen LogP contribution in [-0.2, 0) is 16.6 Å². The molecule has 1 unspecified atom stereocenters. The van der Waals surface area contributed by atoms with Gasteiger partial charge in [0.15, 0.2) is 0 Å². The number of nitriles is 1. The molecule has 1 aromatic carbocycles. The Morgan fingerprint density at radius 2 is 2.05 bits per heavy atom. The van der Waals surface area contributed by atoms with Gasteiger partial charge in [0.1, 0.15) is 17.5 Å². The predicted molar refractivity (Wildman–Crippen MR) is 72.1 cm³/mol. The van der Waals surface area contributed by atoms with Crippen molar-refractivity contribution in [1.29, 1.82) is 5.26 Å². The van der Waals surface area contributed by atoms with Crippen LogP contribution in [0.3, 0.4) is 0 Å². The third-order valence-corrected chi connectivity index (χ3v) is 3.95. The number of hydrogen-bond acceptors (Lipinski definition) is 4. The lowest BCUT2D eigenvalue weighted by atomic mass is 10.2. The molecule has 5 heteroatoms. The van der Waals surface area contributed by atoms with Gasteiger partial charge in [-0.25, -0.2) is 4.98 Å². The normalized spacial score (nSPS) is 11.6. The van der Waals surface area contributed by atoms with Crippen molar-refractivity contribution in [2.24, 2.45) is 0 Å². The Kier molecular flexibility index (Phi) is 4.26. The maximum Gasteiger partial charge on any atom is 0.140 e. The van der Waals surface area contributed by atoms with Crippen LogP contribution >= 0.6 is 0 Å². The molecule has 0 N–H and O–H groups in total. The molecule has 0 spiro atoms. The van der Waals surface area contributed by atoms with Gasteiger partial charge in [-0.3, -0.25) is 4.21 Å². The molecule has 4 nitrogen and oxygen atoms in total. The van der Waals surface area contributed by atoms with Crippen molar-refractivity contribution in [2.45, 2.75) is 10.6 Å². The van der Waals surface area contributed by atoms with Gasteiger partial charge in [0.2, 0.25) is 0 Å². The van der Waals surface area contributed by atoms with E-state index in [0.717, 1.165) is 16.2 Å². The SMILES string of the molecule is COc1ccc(S(=O)Cc2ccnc(C#N)c2)cc1. The van der Waals surface area contributed by atoms with Crippen LogP contribution in [0, 0.1) is 11.3 Å². The van der Waals surface area contributed by atoms with E-state index in [-0.39, 0.29) is 0 Å². The molecule has 1 atom stereocenters. The fraction of sp³-hybridized carbons (Fsp3) is 0.143. The van der Waals surface area contributed by atoms with Gasteiger partial charge in [-0.2, -0.15) is 5.26 Å². The highest BCUT2D eigenvalue weighted by molar-refractivity contribution is 7.84. The van der Waals surface area contributed by atoms with Gasteiger partial charge in [0, 0.05) is 11.1 Å². The van der Waals surface area contributed by atoms with Crippen molar-refractivity contribution in [3.63, 3.8) is 0 Å². The summed E-state index contributed by atoms with van der Waals surface area (Å²) in [6, 6.07) is 12.5. The number of aromatic nitrogens is 1. The molecule has 0 bridgehead atoms. The highest BCUT2D eigenvalue weighted by Crippen LogP contribution is 2.17. The van der Waals surface area contributed by atoms with Gasteiger partial charge >= 0.3 is 0 Å². The van der Waals surface area contributed by atoms with E-state index in [9.17, 15) is 4.21 Å². The Bertz CT molecular complexity index is 633. The lowest BCUT2D eigenvalue weighted by Crippen LogP contribution is -1.97. The first-order chi connectivity index (χ1) is 9.22. The molecule has 0 aliphatic heterocycles. The zero-order valence-corrected chi connectivity index (χ0v) is 11.2. The van der Waals surface area contributed by atoms with Crippen LogP contribution in [0.4, 0.5) is 0 Å². The minimum absolute atomic E-state index is 0.337. The number of nitrogens with zero attached hydrogens (tertiary/aromatic N) is 2. The second-order valence-corrected chi connectivity index (χ2v) is 5.28. The summed E-state index contributed by atoms with van der Waals surface area (Å²) in [6.45, 7) is 0. The largest absolute Gasteiger partial charge is 0.497 e. The Labute approximate surface area is 114 Å². The van der Waals surface area contributed by atoms with Crippen molar-refractivity contribution < 1.29 is 8.95 Å². The van der Waals surface area contributed by atoms with Crippen LogP contribution in [0.15, 0.2) is 47.5 Å². The van der Waals surface area contributed by atoms with E-state index < -0.39 is 10.8 Å². The topological polar surface area (TPSA) is 63.0 Å². The zero-order valence-electron chi connectivity index (χ0n) is 10.4. The van der Waals surface area contributed by atoms with Gasteiger partial charge < -0.3 is 4.74 Å². The van der Waals surface area contributed by atoms with Crippen molar-refractivity contribution in [3.05, 3.63) is 53.9 Å². The predicted octanol–water partition coefficient (Wildman–Crippen LogP) is 2.27. The van der Waals surface area contributed by atoms with Crippen LogP contribution in [0.25, 0.3) is 0 Å². The summed E-state index contributed by atoms with van der Waals surface area (Å²) in [6.07, 6.45) is 1.55. The molecule has 1 aromatic heterocycles. The Hall–Kier alpha value is -2.19. The van der Waals surface area contributed by atoms with Crippen molar-refractivity contribution in [2.75, 3.05) is 7.11 Å². The number of methoxy groups -OCH3 is 1. The third kappa shape index (κ3) is 3.39. The first-order valence-corrected chi connectivity index (χ1v) is 6.92. The van der Waals surface area contributed by atoms with Crippen molar-refractivity contribution >= 4 is 10.8 Å². The molecule has 0 saturated carbocycles. The fourth-order valence-electron chi connectivity index (χ4n) is 1.59. The van der Waals surface area contributed by atoms with Crippen molar-refractivity contribution in [1.82, 2.24) is 4.98 Å². The van der Waals surface area contributed by atoms with E-state index >= 15 is 0 Å². The maximum absolute atomic E-state index is 12.2. The van der Waals surface area contributed by atoms with E-state index in [2.05, 4.69) is 4.98 Å². The van der Waals surface area contributed by atoms with Crippen molar-refractivity contribution in [3.8, 4) is 11.8 Å². The summed E-state index contributed by atoms with van der Waals surface area (Å²) >= 11 is 0. The summed E-state index contributed by atoms with van der Waals surface area (Å²) < 4.78 is 17.2. The molecule has 2 rings (SSSR count). The molecule has 2 aromatic rings. The summed E-state index contributed by atoms with van der Waals surface area (Å²) in [4.78, 5) is 4.62. The molecule has 96 valence electrons. The van der Waals surface area contributed by atoms with Gasteiger partial charge in [0.05, 0.1) is 23.7 Å². The molecule has 0 saturated heterocycles. The van der Waals surface area contributed by atoms with E-state index in [1.165, 1.54) is 0 Å². The van der Waals surface area contributed by atoms with E-state index in [1.807, 2.05) is 6.07 Å². The minimum Gasteiger partial charge on any atom is -0.497 e. The fourth-order valence-corrected chi connectivity index (χ4v) is 2.68. The molecule has 0 amide bonds. The van der Waals surface area contributed by atoms with Gasteiger partial charge in [-0.1, -0.05) is 0 Å². The highest BCUT2D eigenvalue weighted by Gasteiger charge is 2.06. The van der Waals surface area contributed by atoms with Gasteiger partial charge in [-0.15, -0.1) is 0 Å². The summed E-state index contributed by atoms with van der Waals surface area (Å²) in [5.41, 5.74) is 1.17. The van der Waals surface area contributed by atoms with Gasteiger partial charge in [-0.05, 0) is 42.0 Å². The van der Waals surface area contributed by atoms with Gasteiger partial charge in [0.25, 0.3) is 0 Å². The minimum atomic E-state index is -1.15. The Morgan fingerprint density at radius 3 is 2.68 bits per heavy atom. The second-order valence-electron chi connectivity index (χ2n) is 3.83. The van der Waals surface area contributed by atoms with E-state index in [4.69, 9.17) is 10.00 Å². The summed E-state index contributed by atoms with van der Waals surface area (Å²) in [7, 11) is 0.442. The summed E-state index contributed by atoms with van der Waals surface area (Å²) in [5.74, 6) is 1.10. The van der Waals surface area contributed by atoms with Crippen LogP contribution in [0.1, 0.15) is 11.3 Å². The number of hydrogen-bond donors (Lipinski definition) is 0. The number of rotatable bonds is 4. The molecule has 1 heterocycles. The standard InChI is InChI=1S/C14H12N2O2S/c1-18-13-2-4-14(5-3-13)19(17)10-11-6-7-16-12(8-11)9-15/h2-8H,10H2,1H3. The molecule has 0 aliphatic rings. The molecule has 0 radical (unpaired) electrons. The van der Waals surface area contributed by atoms with Crippen LogP contribution in [-0.4, -0.2) is 16.3 Å². The number of benzene rings is 1. The average Bonchev–Trinajstić information content (AvgIpc) is 2.47. The van der Waals surface area contributed by atoms with Crippen LogP contribution in [0.5, 0.6) is 5.75 Å². The lowest BCUT2D eigenvalue weighted by Gasteiger charge is -2.04. The van der Waals surface area contributed by atoms with Crippen LogP contribution in [0.2, 0.25) is 0 Å². The molecule has 19 heavy (non-hydrogen) atoms. The first kappa shape index (κ1) is 13.2. The lowest BCUT2D eigenvalue weighted by molar-refractivity contribution is 0.414. The number of ether oxygens (including phenoxy) is 1. The Morgan fingerprint density at radius 1 is 1.32 bits per heavy atom. The monoisotopic (exact) mass is 272 g/mol. The quantitative estimate of drug-likeness (QED) is 0.856. The number of pyridine rings is 1. The molecular weight excluding hydrogens is 260 g/mol.